The quantitative estimate of drug-likeness (QED) is 0.801. The second-order valence-electron chi connectivity index (χ2n) is 5.00. The van der Waals surface area contributed by atoms with Crippen molar-refractivity contribution in [1.82, 2.24) is 9.62 Å². The average molecular weight is 330 g/mol. The topological polar surface area (TPSA) is 84.9 Å². The van der Waals surface area contributed by atoms with Gasteiger partial charge >= 0.3 is 0 Å². The lowest BCUT2D eigenvalue weighted by molar-refractivity contribution is -0.121. The van der Waals surface area contributed by atoms with E-state index in [-0.39, 0.29) is 29.1 Å². The highest BCUT2D eigenvalue weighted by molar-refractivity contribution is 7.89. The molecule has 8 heteroatoms. The van der Waals surface area contributed by atoms with Crippen molar-refractivity contribution in [3.05, 3.63) is 18.2 Å². The molecular formula is C14H22N2O5S. The van der Waals surface area contributed by atoms with Crippen LogP contribution in [0.5, 0.6) is 11.5 Å². The fraction of sp³-hybridized carbons (Fsp3) is 0.500. The SMILES string of the molecule is COc1ccc(OC)c(S(=O)(=O)N(C)CC(=O)NC(C)C)c1. The molecule has 0 saturated carbocycles. The number of hydrogen-bond donors (Lipinski definition) is 1. The molecule has 0 aliphatic heterocycles. The molecule has 22 heavy (non-hydrogen) atoms. The second kappa shape index (κ2) is 7.46. The van der Waals surface area contributed by atoms with Crippen LogP contribution in [0.15, 0.2) is 23.1 Å². The smallest absolute Gasteiger partial charge is 0.247 e. The van der Waals surface area contributed by atoms with Crippen LogP contribution in [0.25, 0.3) is 0 Å². The van der Waals surface area contributed by atoms with E-state index in [9.17, 15) is 13.2 Å². The van der Waals surface area contributed by atoms with Gasteiger partial charge in [0.1, 0.15) is 16.4 Å². The van der Waals surface area contributed by atoms with Gasteiger partial charge in [0, 0.05) is 19.2 Å². The number of sulfonamides is 1. The Hall–Kier alpha value is -1.80. The van der Waals surface area contributed by atoms with Crippen molar-refractivity contribution in [3.8, 4) is 11.5 Å². The molecule has 0 radical (unpaired) electrons. The van der Waals surface area contributed by atoms with Gasteiger partial charge < -0.3 is 14.8 Å². The summed E-state index contributed by atoms with van der Waals surface area (Å²) in [4.78, 5) is 11.7. The minimum atomic E-state index is -3.88. The molecule has 1 aromatic carbocycles. The van der Waals surface area contributed by atoms with E-state index in [0.717, 1.165) is 4.31 Å². The van der Waals surface area contributed by atoms with Gasteiger partial charge in [-0.3, -0.25) is 4.79 Å². The van der Waals surface area contributed by atoms with Crippen LogP contribution >= 0.6 is 0 Å². The lowest BCUT2D eigenvalue weighted by Gasteiger charge is -2.19. The number of amides is 1. The number of nitrogens with one attached hydrogen (secondary N) is 1. The Balaban J connectivity index is 3.10. The zero-order chi connectivity index (χ0) is 16.9. The van der Waals surface area contributed by atoms with Crippen molar-refractivity contribution < 1.29 is 22.7 Å². The summed E-state index contributed by atoms with van der Waals surface area (Å²) in [5, 5.41) is 2.65. The maximum absolute atomic E-state index is 12.6. The van der Waals surface area contributed by atoms with Crippen molar-refractivity contribution in [2.45, 2.75) is 24.8 Å². The number of nitrogens with zero attached hydrogens (tertiary/aromatic N) is 1. The predicted octanol–water partition coefficient (Wildman–Crippen LogP) is 0.849. The minimum absolute atomic E-state index is 0.0470. The van der Waals surface area contributed by atoms with Crippen LogP contribution in [0, 0.1) is 0 Å². The van der Waals surface area contributed by atoms with Crippen LogP contribution in [0.1, 0.15) is 13.8 Å². The van der Waals surface area contributed by atoms with Crippen molar-refractivity contribution >= 4 is 15.9 Å². The molecule has 7 nitrogen and oxygen atoms in total. The van der Waals surface area contributed by atoms with Crippen LogP contribution in [-0.2, 0) is 14.8 Å². The van der Waals surface area contributed by atoms with Crippen molar-refractivity contribution in [2.75, 3.05) is 27.8 Å². The zero-order valence-electron chi connectivity index (χ0n) is 13.4. The first-order valence-electron chi connectivity index (χ1n) is 6.70. The molecule has 0 spiro atoms. The van der Waals surface area contributed by atoms with Gasteiger partial charge in [0.2, 0.25) is 15.9 Å². The molecule has 0 saturated heterocycles. The Morgan fingerprint density at radius 3 is 2.41 bits per heavy atom. The van der Waals surface area contributed by atoms with E-state index in [1.165, 1.54) is 33.4 Å². The first-order chi connectivity index (χ1) is 10.2. The third-order valence-corrected chi connectivity index (χ3v) is 4.70. The van der Waals surface area contributed by atoms with Crippen LogP contribution in [0.3, 0.4) is 0 Å². The van der Waals surface area contributed by atoms with E-state index < -0.39 is 10.0 Å². The van der Waals surface area contributed by atoms with Gasteiger partial charge in [-0.05, 0) is 26.0 Å². The summed E-state index contributed by atoms with van der Waals surface area (Å²) in [6.45, 7) is 3.33. The molecule has 0 bridgehead atoms. The van der Waals surface area contributed by atoms with E-state index in [2.05, 4.69) is 5.32 Å². The highest BCUT2D eigenvalue weighted by atomic mass is 32.2. The molecule has 1 aromatic rings. The first kappa shape index (κ1) is 18.2. The Morgan fingerprint density at radius 1 is 1.27 bits per heavy atom. The van der Waals surface area contributed by atoms with E-state index >= 15 is 0 Å². The van der Waals surface area contributed by atoms with E-state index in [0.29, 0.717) is 5.75 Å². The van der Waals surface area contributed by atoms with Gasteiger partial charge in [-0.1, -0.05) is 0 Å². The van der Waals surface area contributed by atoms with Gasteiger partial charge in [-0.2, -0.15) is 4.31 Å². The fourth-order valence-electron chi connectivity index (χ4n) is 1.81. The van der Waals surface area contributed by atoms with E-state index in [1.54, 1.807) is 19.9 Å². The molecular weight excluding hydrogens is 308 g/mol. The van der Waals surface area contributed by atoms with Crippen molar-refractivity contribution in [1.29, 1.82) is 0 Å². The molecule has 0 heterocycles. The molecule has 0 aliphatic carbocycles. The summed E-state index contributed by atoms with van der Waals surface area (Å²) in [6.07, 6.45) is 0. The van der Waals surface area contributed by atoms with Gasteiger partial charge in [0.25, 0.3) is 0 Å². The third kappa shape index (κ3) is 4.35. The maximum Gasteiger partial charge on any atom is 0.247 e. The number of carbonyl (C=O) groups excluding carboxylic acids is 1. The normalized spacial score (nSPS) is 11.6. The summed E-state index contributed by atoms with van der Waals surface area (Å²) < 4.78 is 36.3. The second-order valence-corrected chi connectivity index (χ2v) is 7.01. The minimum Gasteiger partial charge on any atom is -0.497 e. The molecule has 1 N–H and O–H groups in total. The lowest BCUT2D eigenvalue weighted by Crippen LogP contribution is -2.40. The molecule has 1 amide bonds. The number of hydrogen-bond acceptors (Lipinski definition) is 5. The average Bonchev–Trinajstić information content (AvgIpc) is 2.45. The lowest BCUT2D eigenvalue weighted by atomic mass is 10.3. The summed E-state index contributed by atoms with van der Waals surface area (Å²) in [6, 6.07) is 4.41. The Labute approximate surface area is 131 Å². The van der Waals surface area contributed by atoms with Crippen LogP contribution < -0.4 is 14.8 Å². The predicted molar refractivity (Wildman–Crippen MR) is 82.6 cm³/mol. The van der Waals surface area contributed by atoms with Crippen LogP contribution in [-0.4, -0.2) is 52.5 Å². The van der Waals surface area contributed by atoms with Gasteiger partial charge in [0.15, 0.2) is 0 Å². The molecule has 0 aliphatic rings. The highest BCUT2D eigenvalue weighted by Crippen LogP contribution is 2.29. The number of likely N-dealkylation sites (N-methyl/N-ethyl adjacent to an activating group) is 1. The summed E-state index contributed by atoms with van der Waals surface area (Å²) in [5.74, 6) is 0.208. The first-order valence-corrected chi connectivity index (χ1v) is 8.14. The zero-order valence-corrected chi connectivity index (χ0v) is 14.2. The molecule has 124 valence electrons. The third-order valence-electron chi connectivity index (χ3n) is 2.87. The number of benzene rings is 1. The molecule has 0 unspecified atom stereocenters. The van der Waals surface area contributed by atoms with Crippen molar-refractivity contribution in [2.24, 2.45) is 0 Å². The Morgan fingerprint density at radius 2 is 1.91 bits per heavy atom. The number of rotatable bonds is 7. The molecule has 0 aromatic heterocycles. The molecule has 0 atom stereocenters. The number of methoxy groups -OCH3 is 2. The van der Waals surface area contributed by atoms with Crippen LogP contribution in [0.2, 0.25) is 0 Å². The monoisotopic (exact) mass is 330 g/mol. The Bertz CT molecular complexity index is 628. The Kier molecular flexibility index (Phi) is 6.19. The maximum atomic E-state index is 12.6. The number of carbonyl (C=O) groups is 1. The molecule has 1 rings (SSSR count). The summed E-state index contributed by atoms with van der Waals surface area (Å²) >= 11 is 0. The van der Waals surface area contributed by atoms with Gasteiger partial charge in [0.05, 0.1) is 20.8 Å². The highest BCUT2D eigenvalue weighted by Gasteiger charge is 2.27. The number of ether oxygens (including phenoxy) is 2. The largest absolute Gasteiger partial charge is 0.497 e. The summed E-state index contributed by atoms with van der Waals surface area (Å²) in [7, 11) is 0.287. The van der Waals surface area contributed by atoms with Crippen molar-refractivity contribution in [3.63, 3.8) is 0 Å². The van der Waals surface area contributed by atoms with E-state index in [1.807, 2.05) is 0 Å². The van der Waals surface area contributed by atoms with Gasteiger partial charge in [-0.25, -0.2) is 8.42 Å². The standard InChI is InChI=1S/C14H22N2O5S/c1-10(2)15-14(17)9-16(3)22(18,19)13-8-11(20-4)6-7-12(13)21-5/h6-8,10H,9H2,1-5H3,(H,15,17). The molecule has 0 fully saturated rings. The van der Waals surface area contributed by atoms with Gasteiger partial charge in [-0.15, -0.1) is 0 Å². The summed E-state index contributed by atoms with van der Waals surface area (Å²) in [5.41, 5.74) is 0. The fourth-order valence-corrected chi connectivity index (χ4v) is 3.10. The van der Waals surface area contributed by atoms with Crippen LogP contribution in [0.4, 0.5) is 0 Å². The van der Waals surface area contributed by atoms with E-state index in [4.69, 9.17) is 9.47 Å².